The standard InChI is InChI=1S/C27H28N4O5/c1-17-22(29-23-16-21(12-14-24(23)31(34)35)18-6-4-3-5-7-18)13-15-25(28-17)30-26(32)19-8-10-20(11-9-19)27(33)36-2/h3-7,12-16,19-20,29H,8-11H2,1-2H3,(H,28,30,32). The molecule has 1 aliphatic rings. The highest BCUT2D eigenvalue weighted by atomic mass is 16.6. The second-order valence-electron chi connectivity index (χ2n) is 8.87. The van der Waals surface area contributed by atoms with Crippen LogP contribution >= 0.6 is 0 Å². The molecule has 1 aromatic heterocycles. The van der Waals surface area contributed by atoms with Crippen molar-refractivity contribution in [3.63, 3.8) is 0 Å². The molecule has 2 aromatic carbocycles. The van der Waals surface area contributed by atoms with E-state index in [2.05, 4.69) is 15.6 Å². The van der Waals surface area contributed by atoms with Gasteiger partial charge in [-0.05, 0) is 68.0 Å². The van der Waals surface area contributed by atoms with Crippen LogP contribution in [0.1, 0.15) is 31.4 Å². The summed E-state index contributed by atoms with van der Waals surface area (Å²) < 4.78 is 4.80. The molecule has 0 aliphatic heterocycles. The average molecular weight is 489 g/mol. The molecule has 1 saturated carbocycles. The van der Waals surface area contributed by atoms with Crippen LogP contribution in [0.25, 0.3) is 11.1 Å². The number of carbonyl (C=O) groups is 2. The van der Waals surface area contributed by atoms with Crippen LogP contribution in [0.3, 0.4) is 0 Å². The zero-order valence-corrected chi connectivity index (χ0v) is 20.2. The molecule has 1 aliphatic carbocycles. The number of nitro groups is 1. The molecule has 36 heavy (non-hydrogen) atoms. The van der Waals surface area contributed by atoms with E-state index in [1.54, 1.807) is 31.2 Å². The van der Waals surface area contributed by atoms with Gasteiger partial charge >= 0.3 is 5.97 Å². The van der Waals surface area contributed by atoms with E-state index in [-0.39, 0.29) is 29.4 Å². The van der Waals surface area contributed by atoms with Gasteiger partial charge in [-0.25, -0.2) is 4.98 Å². The van der Waals surface area contributed by atoms with E-state index in [1.807, 2.05) is 30.3 Å². The van der Waals surface area contributed by atoms with Gasteiger partial charge in [0.15, 0.2) is 0 Å². The van der Waals surface area contributed by atoms with Gasteiger partial charge in [0.1, 0.15) is 11.5 Å². The first kappa shape index (κ1) is 24.8. The van der Waals surface area contributed by atoms with Crippen molar-refractivity contribution in [2.24, 2.45) is 11.8 Å². The number of methoxy groups -OCH3 is 1. The fraction of sp³-hybridized carbons (Fsp3) is 0.296. The molecule has 4 rings (SSSR count). The summed E-state index contributed by atoms with van der Waals surface area (Å²) in [6, 6.07) is 18.0. The SMILES string of the molecule is COC(=O)C1CCC(C(=O)Nc2ccc(Nc3cc(-c4ccccc4)ccc3[N+](=O)[O-])c(C)n2)CC1. The smallest absolute Gasteiger partial charge is 0.308 e. The first-order chi connectivity index (χ1) is 17.4. The molecule has 0 unspecified atom stereocenters. The van der Waals surface area contributed by atoms with Gasteiger partial charge in [-0.3, -0.25) is 19.7 Å². The molecule has 0 saturated heterocycles. The number of anilines is 3. The Morgan fingerprint density at radius 3 is 2.28 bits per heavy atom. The Hall–Kier alpha value is -4.27. The number of aromatic nitrogens is 1. The molecule has 1 amide bonds. The number of hydrogen-bond acceptors (Lipinski definition) is 7. The van der Waals surface area contributed by atoms with Crippen molar-refractivity contribution in [3.05, 3.63) is 76.5 Å². The van der Waals surface area contributed by atoms with Crippen LogP contribution in [0, 0.1) is 28.9 Å². The van der Waals surface area contributed by atoms with E-state index in [1.165, 1.54) is 13.2 Å². The minimum absolute atomic E-state index is 0.0472. The third-order valence-corrected chi connectivity index (χ3v) is 6.54. The first-order valence-electron chi connectivity index (χ1n) is 11.8. The fourth-order valence-corrected chi connectivity index (χ4v) is 4.50. The highest BCUT2D eigenvalue weighted by molar-refractivity contribution is 5.92. The van der Waals surface area contributed by atoms with Crippen molar-refractivity contribution in [1.29, 1.82) is 0 Å². The van der Waals surface area contributed by atoms with E-state index in [4.69, 9.17) is 4.74 Å². The van der Waals surface area contributed by atoms with Crippen LogP contribution in [-0.4, -0.2) is 28.9 Å². The van der Waals surface area contributed by atoms with Crippen LogP contribution in [0.15, 0.2) is 60.7 Å². The number of pyridine rings is 1. The van der Waals surface area contributed by atoms with E-state index >= 15 is 0 Å². The molecular weight excluding hydrogens is 460 g/mol. The Bertz CT molecular complexity index is 1270. The largest absolute Gasteiger partial charge is 0.469 e. The molecule has 9 heteroatoms. The lowest BCUT2D eigenvalue weighted by Gasteiger charge is -2.26. The second-order valence-corrected chi connectivity index (χ2v) is 8.87. The van der Waals surface area contributed by atoms with E-state index < -0.39 is 4.92 Å². The third kappa shape index (κ3) is 5.68. The maximum Gasteiger partial charge on any atom is 0.308 e. The maximum absolute atomic E-state index is 12.7. The molecule has 0 bridgehead atoms. The number of nitro benzene ring substituents is 1. The lowest BCUT2D eigenvalue weighted by Crippen LogP contribution is -2.30. The summed E-state index contributed by atoms with van der Waals surface area (Å²) in [4.78, 5) is 40.1. The summed E-state index contributed by atoms with van der Waals surface area (Å²) in [5.41, 5.74) is 3.28. The number of nitrogens with zero attached hydrogens (tertiary/aromatic N) is 2. The molecule has 3 aromatic rings. The highest BCUT2D eigenvalue weighted by Gasteiger charge is 2.30. The van der Waals surface area contributed by atoms with Gasteiger partial charge in [0.2, 0.25) is 5.91 Å². The van der Waals surface area contributed by atoms with Crippen molar-refractivity contribution in [2.45, 2.75) is 32.6 Å². The lowest BCUT2D eigenvalue weighted by atomic mass is 9.81. The summed E-state index contributed by atoms with van der Waals surface area (Å²) in [6.45, 7) is 1.77. The van der Waals surface area contributed by atoms with Crippen molar-refractivity contribution in [1.82, 2.24) is 4.98 Å². The Labute approximate surface area is 209 Å². The van der Waals surface area contributed by atoms with Crippen molar-refractivity contribution in [2.75, 3.05) is 17.7 Å². The highest BCUT2D eigenvalue weighted by Crippen LogP contribution is 2.34. The number of carbonyl (C=O) groups excluding carboxylic acids is 2. The minimum atomic E-state index is -0.427. The number of rotatable bonds is 7. The van der Waals surface area contributed by atoms with Crippen molar-refractivity contribution >= 4 is 34.8 Å². The predicted molar refractivity (Wildman–Crippen MR) is 137 cm³/mol. The van der Waals surface area contributed by atoms with Crippen LogP contribution in [0.5, 0.6) is 0 Å². The topological polar surface area (TPSA) is 123 Å². The predicted octanol–water partition coefficient (Wildman–Crippen LogP) is 5.63. The zero-order chi connectivity index (χ0) is 25.7. The average Bonchev–Trinajstić information content (AvgIpc) is 2.90. The second kappa shape index (κ2) is 11.0. The Balaban J connectivity index is 1.46. The summed E-state index contributed by atoms with van der Waals surface area (Å²) in [7, 11) is 1.38. The number of amides is 1. The molecule has 9 nitrogen and oxygen atoms in total. The first-order valence-corrected chi connectivity index (χ1v) is 11.8. The maximum atomic E-state index is 12.7. The summed E-state index contributed by atoms with van der Waals surface area (Å²) >= 11 is 0. The van der Waals surface area contributed by atoms with Gasteiger partial charge in [-0.1, -0.05) is 30.3 Å². The number of esters is 1. The number of nitrogens with one attached hydrogen (secondary N) is 2. The van der Waals surface area contributed by atoms with Gasteiger partial charge in [0.25, 0.3) is 5.69 Å². The van der Waals surface area contributed by atoms with Gasteiger partial charge < -0.3 is 15.4 Å². The van der Waals surface area contributed by atoms with Crippen molar-refractivity contribution < 1.29 is 19.2 Å². The Morgan fingerprint density at radius 2 is 1.64 bits per heavy atom. The number of hydrogen-bond donors (Lipinski definition) is 2. The number of benzene rings is 2. The molecule has 2 N–H and O–H groups in total. The summed E-state index contributed by atoms with van der Waals surface area (Å²) in [5, 5.41) is 17.6. The van der Waals surface area contributed by atoms with Crippen LogP contribution in [-0.2, 0) is 14.3 Å². The Morgan fingerprint density at radius 1 is 0.944 bits per heavy atom. The molecule has 0 atom stereocenters. The fourth-order valence-electron chi connectivity index (χ4n) is 4.50. The van der Waals surface area contributed by atoms with Crippen LogP contribution in [0.2, 0.25) is 0 Å². The summed E-state index contributed by atoms with van der Waals surface area (Å²) in [5.74, 6) is -0.269. The van der Waals surface area contributed by atoms with E-state index in [0.717, 1.165) is 11.1 Å². The molecule has 186 valence electrons. The Kier molecular flexibility index (Phi) is 7.58. The molecular formula is C27H28N4O5. The van der Waals surface area contributed by atoms with E-state index in [0.29, 0.717) is 48.6 Å². The van der Waals surface area contributed by atoms with Gasteiger partial charge in [0.05, 0.1) is 29.3 Å². The normalized spacial score (nSPS) is 17.2. The van der Waals surface area contributed by atoms with Gasteiger partial charge in [-0.15, -0.1) is 0 Å². The van der Waals surface area contributed by atoms with E-state index in [9.17, 15) is 19.7 Å². The summed E-state index contributed by atoms with van der Waals surface area (Å²) in [6.07, 6.45) is 2.49. The molecule has 0 spiro atoms. The quantitative estimate of drug-likeness (QED) is 0.251. The van der Waals surface area contributed by atoms with Crippen LogP contribution < -0.4 is 10.6 Å². The van der Waals surface area contributed by atoms with Gasteiger partial charge in [-0.2, -0.15) is 0 Å². The minimum Gasteiger partial charge on any atom is -0.469 e. The molecule has 1 fully saturated rings. The van der Waals surface area contributed by atoms with Crippen LogP contribution in [0.4, 0.5) is 22.9 Å². The number of ether oxygens (including phenoxy) is 1. The third-order valence-electron chi connectivity index (χ3n) is 6.54. The molecule has 0 radical (unpaired) electrons. The zero-order valence-electron chi connectivity index (χ0n) is 20.2. The molecule has 1 heterocycles. The lowest BCUT2D eigenvalue weighted by molar-refractivity contribution is -0.383. The van der Waals surface area contributed by atoms with Gasteiger partial charge in [0, 0.05) is 12.0 Å². The number of aryl methyl sites for hydroxylation is 1. The monoisotopic (exact) mass is 488 g/mol. The van der Waals surface area contributed by atoms with Crippen molar-refractivity contribution in [3.8, 4) is 11.1 Å².